The molecule has 3 heterocycles. The Bertz CT molecular complexity index is 805. The highest BCUT2D eigenvalue weighted by Crippen LogP contribution is 2.31. The van der Waals surface area contributed by atoms with Gasteiger partial charge in [-0.05, 0) is 24.3 Å². The van der Waals surface area contributed by atoms with Crippen LogP contribution in [0.15, 0.2) is 58.3 Å². The zero-order chi connectivity index (χ0) is 14.9. The fourth-order valence-corrected chi connectivity index (χ4v) is 3.67. The van der Waals surface area contributed by atoms with Crippen molar-refractivity contribution in [2.24, 2.45) is 0 Å². The first-order valence-electron chi connectivity index (χ1n) is 6.79. The van der Waals surface area contributed by atoms with Crippen LogP contribution in [-0.2, 0) is 6.67 Å². The number of nitrogens with zero attached hydrogens (tertiary/aromatic N) is 5. The fraction of sp³-hybridized carbons (Fsp3) is 0.133. The Kier molecular flexibility index (Phi) is 3.59. The Morgan fingerprint density at radius 2 is 2.05 bits per heavy atom. The van der Waals surface area contributed by atoms with Crippen LogP contribution >= 0.6 is 27.7 Å². The lowest BCUT2D eigenvalue weighted by Gasteiger charge is -2.28. The highest BCUT2D eigenvalue weighted by Gasteiger charge is 2.23. The zero-order valence-electron chi connectivity index (χ0n) is 11.6. The van der Waals surface area contributed by atoms with E-state index in [2.05, 4.69) is 46.6 Å². The average molecular weight is 374 g/mol. The van der Waals surface area contributed by atoms with Gasteiger partial charge >= 0.3 is 0 Å². The SMILES string of the molecule is Brc1cccc(-c2nnc3n2CN(c2ccccn2)CS3)c1. The van der Waals surface area contributed by atoms with Gasteiger partial charge in [-0.15, -0.1) is 10.2 Å². The Hall–Kier alpha value is -1.86. The second kappa shape index (κ2) is 5.73. The van der Waals surface area contributed by atoms with Crippen molar-refractivity contribution in [2.75, 3.05) is 10.8 Å². The minimum absolute atomic E-state index is 0.703. The highest BCUT2D eigenvalue weighted by atomic mass is 79.9. The molecule has 0 unspecified atom stereocenters. The van der Waals surface area contributed by atoms with Gasteiger partial charge < -0.3 is 4.90 Å². The summed E-state index contributed by atoms with van der Waals surface area (Å²) in [5.41, 5.74) is 1.05. The molecule has 5 nitrogen and oxygen atoms in total. The van der Waals surface area contributed by atoms with Crippen molar-refractivity contribution < 1.29 is 0 Å². The molecule has 110 valence electrons. The number of anilines is 1. The number of aromatic nitrogens is 4. The van der Waals surface area contributed by atoms with Crippen molar-refractivity contribution in [3.8, 4) is 11.4 Å². The van der Waals surface area contributed by atoms with Crippen molar-refractivity contribution in [3.05, 3.63) is 53.1 Å². The van der Waals surface area contributed by atoms with E-state index in [4.69, 9.17) is 0 Å². The predicted octanol–water partition coefficient (Wildman–Crippen LogP) is 3.63. The van der Waals surface area contributed by atoms with Gasteiger partial charge in [0.25, 0.3) is 0 Å². The maximum absolute atomic E-state index is 4.43. The number of hydrogen-bond donors (Lipinski definition) is 0. The standard InChI is InChI=1S/C15H12BrN5S/c16-12-5-3-4-11(8-12)14-18-19-15-21(14)9-20(10-22-15)13-6-1-2-7-17-13/h1-8H,9-10H2. The van der Waals surface area contributed by atoms with E-state index in [1.807, 2.05) is 42.6 Å². The van der Waals surface area contributed by atoms with Crippen LogP contribution in [0.3, 0.4) is 0 Å². The van der Waals surface area contributed by atoms with Gasteiger partial charge in [-0.3, -0.25) is 4.57 Å². The van der Waals surface area contributed by atoms with E-state index < -0.39 is 0 Å². The molecule has 2 aromatic heterocycles. The summed E-state index contributed by atoms with van der Waals surface area (Å²) in [6.45, 7) is 0.703. The molecule has 0 saturated heterocycles. The molecule has 0 saturated carbocycles. The maximum atomic E-state index is 4.43. The van der Waals surface area contributed by atoms with E-state index in [1.54, 1.807) is 11.8 Å². The molecular weight excluding hydrogens is 362 g/mol. The number of fused-ring (bicyclic) bond motifs is 1. The highest BCUT2D eigenvalue weighted by molar-refractivity contribution is 9.10. The van der Waals surface area contributed by atoms with Crippen molar-refractivity contribution in [3.63, 3.8) is 0 Å². The van der Waals surface area contributed by atoms with Crippen molar-refractivity contribution in [1.29, 1.82) is 0 Å². The topological polar surface area (TPSA) is 46.8 Å². The van der Waals surface area contributed by atoms with Gasteiger partial charge in [0, 0.05) is 16.2 Å². The van der Waals surface area contributed by atoms with Crippen LogP contribution in [0.5, 0.6) is 0 Å². The van der Waals surface area contributed by atoms with Gasteiger partial charge in [0.1, 0.15) is 12.5 Å². The van der Waals surface area contributed by atoms with Crippen LogP contribution in [-0.4, -0.2) is 25.6 Å². The largest absolute Gasteiger partial charge is 0.329 e. The second-order valence-electron chi connectivity index (χ2n) is 4.89. The lowest BCUT2D eigenvalue weighted by Crippen LogP contribution is -2.31. The summed E-state index contributed by atoms with van der Waals surface area (Å²) in [4.78, 5) is 6.64. The van der Waals surface area contributed by atoms with Gasteiger partial charge in [-0.25, -0.2) is 4.98 Å². The Morgan fingerprint density at radius 1 is 1.09 bits per heavy atom. The summed E-state index contributed by atoms with van der Waals surface area (Å²) in [5, 5.41) is 9.61. The summed E-state index contributed by atoms with van der Waals surface area (Å²) in [6.07, 6.45) is 1.82. The zero-order valence-corrected chi connectivity index (χ0v) is 14.0. The predicted molar refractivity (Wildman–Crippen MR) is 90.6 cm³/mol. The second-order valence-corrected chi connectivity index (χ2v) is 6.71. The number of halogens is 1. The molecule has 0 atom stereocenters. The van der Waals surface area contributed by atoms with Gasteiger partial charge in [-0.1, -0.05) is 45.9 Å². The van der Waals surface area contributed by atoms with Gasteiger partial charge in [0.05, 0.1) is 5.88 Å². The molecule has 3 aromatic rings. The molecule has 0 aliphatic carbocycles. The third-order valence-electron chi connectivity index (χ3n) is 3.43. The number of thioether (sulfide) groups is 1. The number of hydrogen-bond acceptors (Lipinski definition) is 5. The lowest BCUT2D eigenvalue weighted by molar-refractivity contribution is 0.603. The van der Waals surface area contributed by atoms with E-state index >= 15 is 0 Å². The molecule has 0 bridgehead atoms. The summed E-state index contributed by atoms with van der Waals surface area (Å²) in [7, 11) is 0. The van der Waals surface area contributed by atoms with Gasteiger partial charge in [-0.2, -0.15) is 0 Å². The minimum Gasteiger partial charge on any atom is -0.329 e. The molecule has 1 aliphatic rings. The maximum Gasteiger partial charge on any atom is 0.194 e. The molecule has 4 rings (SSSR count). The van der Waals surface area contributed by atoms with Crippen LogP contribution in [0, 0.1) is 0 Å². The molecule has 7 heteroatoms. The van der Waals surface area contributed by atoms with Crippen molar-refractivity contribution in [2.45, 2.75) is 11.8 Å². The smallest absolute Gasteiger partial charge is 0.194 e. The quantitative estimate of drug-likeness (QED) is 0.686. The van der Waals surface area contributed by atoms with Crippen molar-refractivity contribution in [1.82, 2.24) is 19.7 Å². The van der Waals surface area contributed by atoms with Crippen LogP contribution in [0.1, 0.15) is 0 Å². The monoisotopic (exact) mass is 373 g/mol. The summed E-state index contributed by atoms with van der Waals surface area (Å²) in [5.74, 6) is 2.67. The normalized spacial score (nSPS) is 14.0. The van der Waals surface area contributed by atoms with E-state index in [0.29, 0.717) is 6.67 Å². The molecule has 0 radical (unpaired) electrons. The molecule has 1 aliphatic heterocycles. The fourth-order valence-electron chi connectivity index (χ4n) is 2.39. The first kappa shape index (κ1) is 13.8. The van der Waals surface area contributed by atoms with Crippen LogP contribution < -0.4 is 4.90 Å². The summed E-state index contributed by atoms with van der Waals surface area (Å²) >= 11 is 5.18. The van der Waals surface area contributed by atoms with Crippen molar-refractivity contribution >= 4 is 33.5 Å². The van der Waals surface area contributed by atoms with Crippen LogP contribution in [0.2, 0.25) is 0 Å². The van der Waals surface area contributed by atoms with Gasteiger partial charge in [0.2, 0.25) is 0 Å². The first-order chi connectivity index (χ1) is 10.8. The minimum atomic E-state index is 0.703. The van der Waals surface area contributed by atoms with Gasteiger partial charge in [0.15, 0.2) is 11.0 Å². The van der Waals surface area contributed by atoms with Crippen LogP contribution in [0.25, 0.3) is 11.4 Å². The summed E-state index contributed by atoms with van der Waals surface area (Å²) < 4.78 is 3.16. The van der Waals surface area contributed by atoms with E-state index in [1.165, 1.54) is 0 Å². The van der Waals surface area contributed by atoms with E-state index in [9.17, 15) is 0 Å². The molecule has 0 fully saturated rings. The first-order valence-corrected chi connectivity index (χ1v) is 8.57. The molecular formula is C15H12BrN5S. The number of pyridine rings is 1. The van der Waals surface area contributed by atoms with E-state index in [-0.39, 0.29) is 0 Å². The Morgan fingerprint density at radius 3 is 2.86 bits per heavy atom. The molecule has 1 aromatic carbocycles. The third kappa shape index (κ3) is 2.50. The Balaban J connectivity index is 1.71. The number of benzene rings is 1. The molecule has 22 heavy (non-hydrogen) atoms. The van der Waals surface area contributed by atoms with E-state index in [0.717, 1.165) is 32.7 Å². The van der Waals surface area contributed by atoms with Crippen LogP contribution in [0.4, 0.5) is 5.82 Å². The summed E-state index contributed by atoms with van der Waals surface area (Å²) in [6, 6.07) is 14.1. The Labute approximate surface area is 140 Å². The third-order valence-corrected chi connectivity index (χ3v) is 4.93. The lowest BCUT2D eigenvalue weighted by atomic mass is 10.2. The number of rotatable bonds is 2. The average Bonchev–Trinajstić information content (AvgIpc) is 2.99. The molecule has 0 amide bonds. The molecule has 0 spiro atoms. The molecule has 0 N–H and O–H groups in total.